The van der Waals surface area contributed by atoms with E-state index >= 15 is 0 Å². The average molecular weight is 308 g/mol. The van der Waals surface area contributed by atoms with E-state index in [2.05, 4.69) is 53.4 Å². The molecule has 0 aliphatic heterocycles. The molecule has 1 aromatic heterocycles. The monoisotopic (exact) mass is 308 g/mol. The van der Waals surface area contributed by atoms with Gasteiger partial charge in [-0.25, -0.2) is 4.98 Å². The number of aromatic nitrogens is 1. The number of aliphatic imine (C=N–C) groups is 1. The Morgan fingerprint density at radius 3 is 2.83 bits per heavy atom. The summed E-state index contributed by atoms with van der Waals surface area (Å²) in [4.78, 5) is 8.73. The maximum Gasteiger partial charge on any atom is 0.194 e. The second-order valence-electron chi connectivity index (χ2n) is 6.77. The molecule has 0 fully saturated rings. The molecule has 0 saturated carbocycles. The van der Waals surface area contributed by atoms with Crippen molar-refractivity contribution in [2.75, 3.05) is 11.9 Å². The zero-order valence-electron chi connectivity index (χ0n) is 13.8. The van der Waals surface area contributed by atoms with Crippen LogP contribution >= 0.6 is 0 Å². The fourth-order valence-corrected chi connectivity index (χ4v) is 3.30. The van der Waals surface area contributed by atoms with Gasteiger partial charge in [0.2, 0.25) is 0 Å². The number of fused-ring (bicyclic) bond motifs is 1. The third-order valence-electron chi connectivity index (χ3n) is 4.65. The second-order valence-corrected chi connectivity index (χ2v) is 6.77. The summed E-state index contributed by atoms with van der Waals surface area (Å²) in [5.41, 5.74) is 9.10. The normalized spacial score (nSPS) is 19.9. The molecule has 4 heteroatoms. The first kappa shape index (κ1) is 15.5. The maximum atomic E-state index is 6.00. The predicted molar refractivity (Wildman–Crippen MR) is 95.8 cm³/mol. The van der Waals surface area contributed by atoms with E-state index in [1.165, 1.54) is 17.5 Å². The zero-order valence-corrected chi connectivity index (χ0v) is 13.8. The molecule has 0 bridgehead atoms. The van der Waals surface area contributed by atoms with E-state index in [1.54, 1.807) is 6.20 Å². The lowest BCUT2D eigenvalue weighted by Crippen LogP contribution is -2.28. The molecule has 0 radical (unpaired) electrons. The number of nitrogens with one attached hydrogen (secondary N) is 1. The molecule has 0 amide bonds. The maximum absolute atomic E-state index is 6.00. The summed E-state index contributed by atoms with van der Waals surface area (Å²) in [5, 5.41) is 3.04. The fourth-order valence-electron chi connectivity index (χ4n) is 3.30. The van der Waals surface area contributed by atoms with Gasteiger partial charge in [-0.2, -0.15) is 0 Å². The number of benzene rings is 1. The molecule has 3 rings (SSSR count). The molecule has 120 valence electrons. The number of hydrogen-bond donors (Lipinski definition) is 2. The Morgan fingerprint density at radius 1 is 1.26 bits per heavy atom. The highest BCUT2D eigenvalue weighted by atomic mass is 15.1. The van der Waals surface area contributed by atoms with Gasteiger partial charge in [-0.3, -0.25) is 4.99 Å². The van der Waals surface area contributed by atoms with Crippen LogP contribution in [-0.4, -0.2) is 17.5 Å². The van der Waals surface area contributed by atoms with Gasteiger partial charge in [-0.15, -0.1) is 0 Å². The fraction of sp³-hybridized carbons (Fsp3) is 0.368. The molecule has 0 spiro atoms. The minimum Gasteiger partial charge on any atom is -0.370 e. The van der Waals surface area contributed by atoms with Gasteiger partial charge >= 0.3 is 0 Å². The zero-order chi connectivity index (χ0) is 16.3. The number of pyridine rings is 1. The Hall–Kier alpha value is -2.36. The number of rotatable bonds is 3. The molecule has 1 heterocycles. The van der Waals surface area contributed by atoms with Crippen molar-refractivity contribution in [2.24, 2.45) is 10.7 Å². The highest BCUT2D eigenvalue weighted by Crippen LogP contribution is 2.42. The van der Waals surface area contributed by atoms with Crippen molar-refractivity contribution in [2.45, 2.75) is 38.0 Å². The SMILES string of the molecule is CC1(C)CCC(CN=C(N)Nc2ccccn2)c2ccccc21. The van der Waals surface area contributed by atoms with Crippen LogP contribution < -0.4 is 11.1 Å². The predicted octanol–water partition coefficient (Wildman–Crippen LogP) is 3.66. The van der Waals surface area contributed by atoms with E-state index in [0.717, 1.165) is 12.2 Å². The standard InChI is InChI=1S/C19H24N4/c1-19(2)11-10-14(15-7-3-4-8-16(15)19)13-22-18(20)23-17-9-5-6-12-21-17/h3-9,12,14H,10-11,13H2,1-2H3,(H3,20,21,22,23). The van der Waals surface area contributed by atoms with E-state index in [1.807, 2.05) is 18.2 Å². The molecular weight excluding hydrogens is 284 g/mol. The first-order valence-electron chi connectivity index (χ1n) is 8.14. The highest BCUT2D eigenvalue weighted by Gasteiger charge is 2.31. The van der Waals surface area contributed by atoms with Crippen LogP contribution in [0, 0.1) is 0 Å². The van der Waals surface area contributed by atoms with E-state index < -0.39 is 0 Å². The van der Waals surface area contributed by atoms with Crippen LogP contribution in [0.3, 0.4) is 0 Å². The molecule has 1 aromatic carbocycles. The summed E-state index contributed by atoms with van der Waals surface area (Å²) >= 11 is 0. The van der Waals surface area contributed by atoms with Crippen molar-refractivity contribution in [3.05, 3.63) is 59.8 Å². The van der Waals surface area contributed by atoms with Crippen molar-refractivity contribution in [1.29, 1.82) is 0 Å². The Labute approximate surface area is 137 Å². The Kier molecular flexibility index (Phi) is 4.33. The number of hydrogen-bond acceptors (Lipinski definition) is 2. The Morgan fingerprint density at radius 2 is 2.04 bits per heavy atom. The van der Waals surface area contributed by atoms with Crippen LogP contribution in [0.2, 0.25) is 0 Å². The van der Waals surface area contributed by atoms with E-state index in [0.29, 0.717) is 18.4 Å². The molecule has 1 aliphatic carbocycles. The molecule has 3 N–H and O–H groups in total. The summed E-state index contributed by atoms with van der Waals surface area (Å²) in [6.45, 7) is 5.35. The van der Waals surface area contributed by atoms with Gasteiger partial charge in [0.05, 0.1) is 0 Å². The lowest BCUT2D eigenvalue weighted by Gasteiger charge is -2.36. The van der Waals surface area contributed by atoms with Crippen LogP contribution in [0.5, 0.6) is 0 Å². The third kappa shape index (κ3) is 3.52. The Bertz CT molecular complexity index is 692. The van der Waals surface area contributed by atoms with Crippen molar-refractivity contribution < 1.29 is 0 Å². The van der Waals surface area contributed by atoms with Crippen LogP contribution in [0.15, 0.2) is 53.7 Å². The smallest absolute Gasteiger partial charge is 0.194 e. The van der Waals surface area contributed by atoms with E-state index in [-0.39, 0.29) is 5.41 Å². The number of nitrogens with two attached hydrogens (primary N) is 1. The summed E-state index contributed by atoms with van der Waals surface area (Å²) in [5.74, 6) is 1.58. The van der Waals surface area contributed by atoms with Gasteiger partial charge in [0.15, 0.2) is 5.96 Å². The van der Waals surface area contributed by atoms with Gasteiger partial charge < -0.3 is 11.1 Å². The largest absolute Gasteiger partial charge is 0.370 e. The topological polar surface area (TPSA) is 63.3 Å². The third-order valence-corrected chi connectivity index (χ3v) is 4.65. The molecule has 2 aromatic rings. The minimum absolute atomic E-state index is 0.245. The van der Waals surface area contributed by atoms with Crippen molar-refractivity contribution in [3.63, 3.8) is 0 Å². The van der Waals surface area contributed by atoms with Gasteiger partial charge in [0.1, 0.15) is 5.82 Å². The molecule has 4 nitrogen and oxygen atoms in total. The van der Waals surface area contributed by atoms with Gasteiger partial charge in [0, 0.05) is 18.7 Å². The van der Waals surface area contributed by atoms with Gasteiger partial charge in [0.25, 0.3) is 0 Å². The van der Waals surface area contributed by atoms with E-state index in [4.69, 9.17) is 5.73 Å². The lowest BCUT2D eigenvalue weighted by atomic mass is 9.69. The Balaban J connectivity index is 1.72. The summed E-state index contributed by atoms with van der Waals surface area (Å²) < 4.78 is 0. The van der Waals surface area contributed by atoms with Crippen molar-refractivity contribution in [1.82, 2.24) is 4.98 Å². The van der Waals surface area contributed by atoms with Crippen molar-refractivity contribution in [3.8, 4) is 0 Å². The average Bonchev–Trinajstić information content (AvgIpc) is 2.55. The molecule has 1 atom stereocenters. The van der Waals surface area contributed by atoms with Crippen molar-refractivity contribution >= 4 is 11.8 Å². The quantitative estimate of drug-likeness (QED) is 0.672. The van der Waals surface area contributed by atoms with E-state index in [9.17, 15) is 0 Å². The molecule has 1 unspecified atom stereocenters. The van der Waals surface area contributed by atoms with Crippen LogP contribution in [0.25, 0.3) is 0 Å². The molecular formula is C19H24N4. The summed E-state index contributed by atoms with van der Waals surface area (Å²) in [6, 6.07) is 14.4. The first-order valence-corrected chi connectivity index (χ1v) is 8.14. The minimum atomic E-state index is 0.245. The first-order chi connectivity index (χ1) is 11.1. The van der Waals surface area contributed by atoms with Crippen LogP contribution in [-0.2, 0) is 5.41 Å². The molecule has 1 aliphatic rings. The number of nitrogens with zero attached hydrogens (tertiary/aromatic N) is 2. The molecule has 0 saturated heterocycles. The molecule has 23 heavy (non-hydrogen) atoms. The van der Waals surface area contributed by atoms with Crippen LogP contribution in [0.4, 0.5) is 5.82 Å². The lowest BCUT2D eigenvalue weighted by molar-refractivity contribution is 0.395. The highest BCUT2D eigenvalue weighted by molar-refractivity contribution is 5.91. The van der Waals surface area contributed by atoms with Gasteiger partial charge in [-0.1, -0.05) is 44.2 Å². The van der Waals surface area contributed by atoms with Gasteiger partial charge in [-0.05, 0) is 41.5 Å². The summed E-state index contributed by atoms with van der Waals surface area (Å²) in [6.07, 6.45) is 4.05. The summed E-state index contributed by atoms with van der Waals surface area (Å²) in [7, 11) is 0. The van der Waals surface area contributed by atoms with Crippen LogP contribution in [0.1, 0.15) is 43.7 Å². The second kappa shape index (κ2) is 6.41. The number of anilines is 1. The number of guanidine groups is 1.